The zero-order chi connectivity index (χ0) is 30.2. The molecule has 43 heavy (non-hydrogen) atoms. The molecule has 0 radical (unpaired) electrons. The van der Waals surface area contributed by atoms with Gasteiger partial charge < -0.3 is 19.5 Å². The maximum atomic E-state index is 12.9. The zero-order valence-electron chi connectivity index (χ0n) is 23.1. The van der Waals surface area contributed by atoms with E-state index in [1.54, 1.807) is 48.5 Å². The van der Waals surface area contributed by atoms with E-state index in [9.17, 15) is 10.1 Å². The smallest absolute Gasteiger partial charge is 0.266 e. The van der Waals surface area contributed by atoms with Gasteiger partial charge in [0.15, 0.2) is 11.5 Å². The third kappa shape index (κ3) is 7.47. The van der Waals surface area contributed by atoms with Crippen molar-refractivity contribution in [3.8, 4) is 23.3 Å². The van der Waals surface area contributed by atoms with Crippen molar-refractivity contribution in [1.29, 1.82) is 5.26 Å². The summed E-state index contributed by atoms with van der Waals surface area (Å²) in [5.74, 6) is 0.818. The molecule has 0 spiro atoms. The number of amides is 1. The molecule has 0 saturated carbocycles. The minimum atomic E-state index is -0.566. The number of halogens is 2. The molecule has 0 bridgehead atoms. The first kappa shape index (κ1) is 29.5. The predicted octanol–water partition coefficient (Wildman–Crippen LogP) is 8.86. The second-order valence-electron chi connectivity index (χ2n) is 9.52. The lowest BCUT2D eigenvalue weighted by molar-refractivity contribution is -0.112. The van der Waals surface area contributed by atoms with Gasteiger partial charge in [0, 0.05) is 10.7 Å². The summed E-state index contributed by atoms with van der Waals surface area (Å²) in [7, 11) is 1.50. The number of nitrogens with one attached hydrogen (secondary N) is 1. The van der Waals surface area contributed by atoms with Crippen molar-refractivity contribution in [3.05, 3.63) is 135 Å². The van der Waals surface area contributed by atoms with Crippen LogP contribution in [0.5, 0.6) is 17.2 Å². The summed E-state index contributed by atoms with van der Waals surface area (Å²) >= 11 is 12.5. The van der Waals surface area contributed by atoms with E-state index < -0.39 is 5.91 Å². The van der Waals surface area contributed by atoms with Crippen LogP contribution in [-0.4, -0.2) is 13.0 Å². The van der Waals surface area contributed by atoms with Crippen LogP contribution in [0, 0.1) is 11.3 Å². The van der Waals surface area contributed by atoms with Crippen LogP contribution in [0.1, 0.15) is 16.7 Å². The van der Waals surface area contributed by atoms with Gasteiger partial charge in [-0.05, 0) is 82.1 Å². The number of anilines is 1. The maximum absolute atomic E-state index is 12.9. The molecule has 0 heterocycles. The molecule has 0 aliphatic rings. The fourth-order valence-electron chi connectivity index (χ4n) is 4.43. The van der Waals surface area contributed by atoms with E-state index in [1.165, 1.54) is 13.2 Å². The topological polar surface area (TPSA) is 80.6 Å². The third-order valence-electron chi connectivity index (χ3n) is 6.61. The Balaban J connectivity index is 1.25. The lowest BCUT2D eigenvalue weighted by Crippen LogP contribution is -2.13. The average Bonchev–Trinajstić information content (AvgIpc) is 3.03. The van der Waals surface area contributed by atoms with Gasteiger partial charge in [-0.1, -0.05) is 77.8 Å². The molecule has 5 aromatic carbocycles. The molecule has 6 nitrogen and oxygen atoms in total. The zero-order valence-corrected chi connectivity index (χ0v) is 24.7. The van der Waals surface area contributed by atoms with Gasteiger partial charge in [-0.2, -0.15) is 5.26 Å². The van der Waals surface area contributed by atoms with E-state index in [0.29, 0.717) is 40.1 Å². The first-order chi connectivity index (χ1) is 20.9. The van der Waals surface area contributed by atoms with E-state index in [2.05, 4.69) is 5.32 Å². The molecule has 0 fully saturated rings. The van der Waals surface area contributed by atoms with E-state index in [4.69, 9.17) is 37.4 Å². The summed E-state index contributed by atoms with van der Waals surface area (Å²) in [6, 6.07) is 33.6. The van der Waals surface area contributed by atoms with Gasteiger partial charge in [0.05, 0.1) is 12.1 Å². The highest BCUT2D eigenvalue weighted by atomic mass is 35.5. The van der Waals surface area contributed by atoms with Gasteiger partial charge in [0.2, 0.25) is 0 Å². The van der Waals surface area contributed by atoms with Crippen molar-refractivity contribution in [2.45, 2.75) is 13.2 Å². The average molecular weight is 610 g/mol. The van der Waals surface area contributed by atoms with Crippen molar-refractivity contribution in [2.75, 3.05) is 12.4 Å². The summed E-state index contributed by atoms with van der Waals surface area (Å²) in [5, 5.41) is 15.6. The first-order valence-corrected chi connectivity index (χ1v) is 14.1. The number of rotatable bonds is 10. The van der Waals surface area contributed by atoms with Crippen LogP contribution in [0.4, 0.5) is 5.69 Å². The summed E-state index contributed by atoms with van der Waals surface area (Å²) in [6.07, 6.45) is 1.45. The van der Waals surface area contributed by atoms with Crippen LogP contribution >= 0.6 is 23.2 Å². The molecular formula is C35H26Cl2N2O4. The lowest BCUT2D eigenvalue weighted by atomic mass is 10.1. The molecule has 0 aromatic heterocycles. The minimum Gasteiger partial charge on any atom is -0.493 e. The largest absolute Gasteiger partial charge is 0.493 e. The van der Waals surface area contributed by atoms with Crippen molar-refractivity contribution >= 4 is 51.6 Å². The summed E-state index contributed by atoms with van der Waals surface area (Å²) in [5.41, 5.74) is 2.90. The summed E-state index contributed by atoms with van der Waals surface area (Å²) < 4.78 is 17.4. The van der Waals surface area contributed by atoms with Gasteiger partial charge >= 0.3 is 0 Å². The first-order valence-electron chi connectivity index (χ1n) is 13.3. The van der Waals surface area contributed by atoms with E-state index in [0.717, 1.165) is 21.9 Å². The molecule has 214 valence electrons. The third-order valence-corrected chi connectivity index (χ3v) is 7.14. The molecule has 5 rings (SSSR count). The van der Waals surface area contributed by atoms with E-state index in [1.807, 2.05) is 60.7 Å². The lowest BCUT2D eigenvalue weighted by Gasteiger charge is -2.14. The summed E-state index contributed by atoms with van der Waals surface area (Å²) in [6.45, 7) is 0.659. The number of carbonyl (C=O) groups excluding carboxylic acids is 1. The van der Waals surface area contributed by atoms with Crippen LogP contribution in [0.25, 0.3) is 16.8 Å². The standard InChI is InChI=1S/C35H26Cl2N2O4/c1-41-33-19-24(18-32(37)34(33)43-22-26-7-4-6-25-5-2-3-8-31(25)26)17-27(20-38)35(40)39-29-13-15-30(16-14-29)42-21-23-9-11-28(36)12-10-23/h2-19H,21-22H2,1H3,(H,39,40)/b27-17+. The molecule has 0 aliphatic carbocycles. The molecule has 1 amide bonds. The van der Waals surface area contributed by atoms with Gasteiger partial charge in [-0.3, -0.25) is 4.79 Å². The number of nitriles is 1. The van der Waals surface area contributed by atoms with Crippen LogP contribution < -0.4 is 19.5 Å². The van der Waals surface area contributed by atoms with Crippen molar-refractivity contribution in [1.82, 2.24) is 0 Å². The van der Waals surface area contributed by atoms with E-state index >= 15 is 0 Å². The number of nitrogens with zero attached hydrogens (tertiary/aromatic N) is 1. The Morgan fingerprint density at radius 3 is 2.37 bits per heavy atom. The minimum absolute atomic E-state index is 0.106. The van der Waals surface area contributed by atoms with Crippen LogP contribution in [-0.2, 0) is 18.0 Å². The van der Waals surface area contributed by atoms with E-state index in [-0.39, 0.29) is 17.2 Å². The maximum Gasteiger partial charge on any atom is 0.266 e. The highest BCUT2D eigenvalue weighted by Crippen LogP contribution is 2.38. The molecule has 0 atom stereocenters. The number of fused-ring (bicyclic) bond motifs is 1. The number of hydrogen-bond donors (Lipinski definition) is 1. The number of methoxy groups -OCH3 is 1. The number of carbonyl (C=O) groups is 1. The fourth-order valence-corrected chi connectivity index (χ4v) is 4.83. The Kier molecular flexibility index (Phi) is 9.48. The second-order valence-corrected chi connectivity index (χ2v) is 10.4. The Labute approximate surface area is 259 Å². The Hall–Kier alpha value is -4.96. The monoisotopic (exact) mass is 608 g/mol. The number of benzene rings is 5. The van der Waals surface area contributed by atoms with Crippen LogP contribution in [0.2, 0.25) is 10.0 Å². The number of ether oxygens (including phenoxy) is 3. The molecule has 0 unspecified atom stereocenters. The Bertz CT molecular complexity index is 1820. The Morgan fingerprint density at radius 1 is 0.884 bits per heavy atom. The summed E-state index contributed by atoms with van der Waals surface area (Å²) in [4.78, 5) is 12.9. The van der Waals surface area contributed by atoms with Crippen molar-refractivity contribution in [3.63, 3.8) is 0 Å². The SMILES string of the molecule is COc1cc(/C=C(\C#N)C(=O)Nc2ccc(OCc3ccc(Cl)cc3)cc2)cc(Cl)c1OCc1cccc2ccccc12. The van der Waals surface area contributed by atoms with Crippen molar-refractivity contribution < 1.29 is 19.0 Å². The highest BCUT2D eigenvalue weighted by molar-refractivity contribution is 6.32. The number of hydrogen-bond acceptors (Lipinski definition) is 5. The predicted molar refractivity (Wildman–Crippen MR) is 171 cm³/mol. The van der Waals surface area contributed by atoms with Crippen LogP contribution in [0.3, 0.4) is 0 Å². The second kappa shape index (κ2) is 13.8. The Morgan fingerprint density at radius 2 is 1.63 bits per heavy atom. The molecule has 5 aromatic rings. The highest BCUT2D eigenvalue weighted by Gasteiger charge is 2.15. The van der Waals surface area contributed by atoms with Gasteiger partial charge in [0.25, 0.3) is 5.91 Å². The molecule has 1 N–H and O–H groups in total. The van der Waals surface area contributed by atoms with Gasteiger partial charge in [-0.25, -0.2) is 0 Å². The molecule has 0 saturated heterocycles. The molecule has 8 heteroatoms. The van der Waals surface area contributed by atoms with Gasteiger partial charge in [0.1, 0.15) is 30.6 Å². The van der Waals surface area contributed by atoms with Crippen LogP contribution in [0.15, 0.2) is 109 Å². The normalized spacial score (nSPS) is 11.1. The quantitative estimate of drug-likeness (QED) is 0.126. The van der Waals surface area contributed by atoms with Crippen molar-refractivity contribution in [2.24, 2.45) is 0 Å². The fraction of sp³-hybridized carbons (Fsp3) is 0.0857. The molecular weight excluding hydrogens is 583 g/mol. The van der Waals surface area contributed by atoms with Gasteiger partial charge in [-0.15, -0.1) is 0 Å². The molecule has 0 aliphatic heterocycles.